The standard InChI is InChI=1S/C16H15BrF2/c17-14(12-6-2-1-3-7-12)9-4-8-13-15(18)10-5-11-16(13)19/h1-3,5-7,10-11,14H,4,8-9H2. The monoisotopic (exact) mass is 324 g/mol. The van der Waals surface area contributed by atoms with E-state index in [1.54, 1.807) is 0 Å². The van der Waals surface area contributed by atoms with Gasteiger partial charge in [-0.05, 0) is 37.0 Å². The molecule has 1 atom stereocenters. The van der Waals surface area contributed by atoms with Gasteiger partial charge in [0.1, 0.15) is 11.6 Å². The summed E-state index contributed by atoms with van der Waals surface area (Å²) in [5.41, 5.74) is 1.38. The smallest absolute Gasteiger partial charge is 0.129 e. The summed E-state index contributed by atoms with van der Waals surface area (Å²) in [4.78, 5) is 0.225. The molecule has 0 aliphatic rings. The van der Waals surface area contributed by atoms with Gasteiger partial charge in [-0.3, -0.25) is 0 Å². The van der Waals surface area contributed by atoms with Crippen molar-refractivity contribution in [2.45, 2.75) is 24.1 Å². The number of rotatable bonds is 5. The Labute approximate surface area is 120 Å². The van der Waals surface area contributed by atoms with Crippen LogP contribution in [0.2, 0.25) is 0 Å². The van der Waals surface area contributed by atoms with Gasteiger partial charge in [-0.15, -0.1) is 0 Å². The van der Waals surface area contributed by atoms with Gasteiger partial charge >= 0.3 is 0 Å². The molecule has 0 heterocycles. The third-order valence-electron chi connectivity index (χ3n) is 3.11. The van der Waals surface area contributed by atoms with Gasteiger partial charge in [0.15, 0.2) is 0 Å². The van der Waals surface area contributed by atoms with Crippen LogP contribution in [0.15, 0.2) is 48.5 Å². The lowest BCUT2D eigenvalue weighted by atomic mass is 10.0. The predicted octanol–water partition coefficient (Wildman–Crippen LogP) is 5.42. The van der Waals surface area contributed by atoms with E-state index in [0.29, 0.717) is 6.42 Å². The molecule has 2 rings (SSSR count). The first kappa shape index (κ1) is 14.2. The fourth-order valence-electron chi connectivity index (χ4n) is 2.06. The Balaban J connectivity index is 1.90. The number of halogens is 3. The fourth-order valence-corrected chi connectivity index (χ4v) is 2.69. The highest BCUT2D eigenvalue weighted by atomic mass is 79.9. The van der Waals surface area contributed by atoms with E-state index < -0.39 is 11.6 Å². The molecule has 0 amide bonds. The van der Waals surface area contributed by atoms with Gasteiger partial charge < -0.3 is 0 Å². The number of hydrogen-bond donors (Lipinski definition) is 0. The van der Waals surface area contributed by atoms with Crippen LogP contribution < -0.4 is 0 Å². The molecule has 1 unspecified atom stereocenters. The summed E-state index contributed by atoms with van der Waals surface area (Å²) in [6, 6.07) is 14.0. The normalized spacial score (nSPS) is 12.4. The Hall–Kier alpha value is -1.22. The van der Waals surface area contributed by atoms with Crippen molar-refractivity contribution in [3.8, 4) is 0 Å². The lowest BCUT2D eigenvalue weighted by molar-refractivity contribution is 0.546. The van der Waals surface area contributed by atoms with Crippen LogP contribution in [0.4, 0.5) is 8.78 Å². The predicted molar refractivity (Wildman–Crippen MR) is 77.4 cm³/mol. The van der Waals surface area contributed by atoms with E-state index in [4.69, 9.17) is 0 Å². The summed E-state index contributed by atoms with van der Waals surface area (Å²) in [5, 5.41) is 0. The van der Waals surface area contributed by atoms with Crippen molar-refractivity contribution < 1.29 is 8.78 Å². The average Bonchev–Trinajstić information content (AvgIpc) is 2.43. The van der Waals surface area contributed by atoms with Gasteiger partial charge in [-0.2, -0.15) is 0 Å². The largest absolute Gasteiger partial charge is 0.207 e. The molecule has 0 nitrogen and oxygen atoms in total. The fraction of sp³-hybridized carbons (Fsp3) is 0.250. The van der Waals surface area contributed by atoms with E-state index in [-0.39, 0.29) is 10.4 Å². The molecule has 0 aliphatic carbocycles. The highest BCUT2D eigenvalue weighted by Crippen LogP contribution is 2.28. The Morgan fingerprint density at radius 2 is 1.53 bits per heavy atom. The highest BCUT2D eigenvalue weighted by molar-refractivity contribution is 9.09. The Kier molecular flexibility index (Phi) is 5.08. The summed E-state index contributed by atoms with van der Waals surface area (Å²) in [7, 11) is 0. The molecule has 100 valence electrons. The summed E-state index contributed by atoms with van der Waals surface area (Å²) in [5.74, 6) is -0.906. The van der Waals surface area contributed by atoms with E-state index in [2.05, 4.69) is 15.9 Å². The molecule has 19 heavy (non-hydrogen) atoms. The third-order valence-corrected chi connectivity index (χ3v) is 4.09. The van der Waals surface area contributed by atoms with Crippen LogP contribution in [0.3, 0.4) is 0 Å². The maximum atomic E-state index is 13.4. The molecule has 2 aromatic rings. The molecule has 0 saturated carbocycles. The van der Waals surface area contributed by atoms with Gasteiger partial charge in [0, 0.05) is 10.4 Å². The van der Waals surface area contributed by atoms with E-state index in [1.165, 1.54) is 23.8 Å². The van der Waals surface area contributed by atoms with Crippen LogP contribution in [0, 0.1) is 11.6 Å². The van der Waals surface area contributed by atoms with Crippen molar-refractivity contribution in [2.75, 3.05) is 0 Å². The Morgan fingerprint density at radius 3 is 2.16 bits per heavy atom. The van der Waals surface area contributed by atoms with Gasteiger partial charge in [0.2, 0.25) is 0 Å². The number of benzene rings is 2. The molecule has 0 N–H and O–H groups in total. The van der Waals surface area contributed by atoms with Crippen LogP contribution in [0.1, 0.15) is 28.8 Å². The first-order valence-corrected chi connectivity index (χ1v) is 7.22. The highest BCUT2D eigenvalue weighted by Gasteiger charge is 2.10. The zero-order valence-corrected chi connectivity index (χ0v) is 12.0. The summed E-state index contributed by atoms with van der Waals surface area (Å²) < 4.78 is 26.9. The van der Waals surface area contributed by atoms with Gasteiger partial charge in [-0.1, -0.05) is 52.3 Å². The Bertz CT molecular complexity index is 505. The quantitative estimate of drug-likeness (QED) is 0.644. The van der Waals surface area contributed by atoms with Gasteiger partial charge in [-0.25, -0.2) is 8.78 Å². The second-order valence-electron chi connectivity index (χ2n) is 4.47. The molecular weight excluding hydrogens is 310 g/mol. The lowest BCUT2D eigenvalue weighted by Gasteiger charge is -2.10. The maximum Gasteiger partial charge on any atom is 0.129 e. The molecule has 2 aromatic carbocycles. The zero-order chi connectivity index (χ0) is 13.7. The number of alkyl halides is 1. The van der Waals surface area contributed by atoms with Crippen molar-refractivity contribution in [3.63, 3.8) is 0 Å². The van der Waals surface area contributed by atoms with Crippen LogP contribution in [0.25, 0.3) is 0 Å². The van der Waals surface area contributed by atoms with Gasteiger partial charge in [0.25, 0.3) is 0 Å². The van der Waals surface area contributed by atoms with Gasteiger partial charge in [0.05, 0.1) is 0 Å². The molecule has 0 spiro atoms. The number of hydrogen-bond acceptors (Lipinski definition) is 0. The second-order valence-corrected chi connectivity index (χ2v) is 5.58. The first-order chi connectivity index (χ1) is 9.18. The average molecular weight is 325 g/mol. The molecule has 3 heteroatoms. The zero-order valence-electron chi connectivity index (χ0n) is 10.5. The third kappa shape index (κ3) is 3.87. The molecule has 0 aliphatic heterocycles. The first-order valence-electron chi connectivity index (χ1n) is 6.30. The Morgan fingerprint density at radius 1 is 0.895 bits per heavy atom. The lowest BCUT2D eigenvalue weighted by Crippen LogP contribution is -1.97. The van der Waals surface area contributed by atoms with Crippen LogP contribution in [0.5, 0.6) is 0 Å². The molecule has 0 radical (unpaired) electrons. The maximum absolute atomic E-state index is 13.4. The molecule has 0 saturated heterocycles. The minimum absolute atomic E-state index is 0.190. The van der Waals surface area contributed by atoms with Crippen LogP contribution in [-0.2, 0) is 6.42 Å². The summed E-state index contributed by atoms with van der Waals surface area (Å²) in [6.07, 6.45) is 2.01. The summed E-state index contributed by atoms with van der Waals surface area (Å²) >= 11 is 3.61. The topological polar surface area (TPSA) is 0 Å². The molecule has 0 fully saturated rings. The van der Waals surface area contributed by atoms with Crippen LogP contribution in [-0.4, -0.2) is 0 Å². The molecule has 0 aromatic heterocycles. The van der Waals surface area contributed by atoms with Crippen molar-refractivity contribution in [3.05, 3.63) is 71.3 Å². The minimum atomic E-state index is -0.453. The minimum Gasteiger partial charge on any atom is -0.207 e. The summed E-state index contributed by atoms with van der Waals surface area (Å²) in [6.45, 7) is 0. The van der Waals surface area contributed by atoms with Crippen molar-refractivity contribution in [1.29, 1.82) is 0 Å². The van der Waals surface area contributed by atoms with Crippen molar-refractivity contribution >= 4 is 15.9 Å². The van der Waals surface area contributed by atoms with E-state index >= 15 is 0 Å². The van der Waals surface area contributed by atoms with E-state index in [1.807, 2.05) is 30.3 Å². The molecular formula is C16H15BrF2. The van der Waals surface area contributed by atoms with E-state index in [9.17, 15) is 8.78 Å². The van der Waals surface area contributed by atoms with Crippen LogP contribution >= 0.6 is 15.9 Å². The SMILES string of the molecule is Fc1cccc(F)c1CCCC(Br)c1ccccc1. The van der Waals surface area contributed by atoms with Crippen molar-refractivity contribution in [1.82, 2.24) is 0 Å². The second kappa shape index (κ2) is 6.80. The van der Waals surface area contributed by atoms with Crippen molar-refractivity contribution in [2.24, 2.45) is 0 Å². The molecule has 0 bridgehead atoms. The van der Waals surface area contributed by atoms with E-state index in [0.717, 1.165) is 12.8 Å².